The van der Waals surface area contributed by atoms with E-state index in [-0.39, 0.29) is 6.10 Å². The number of likely N-dealkylation sites (tertiary alicyclic amines) is 1. The number of rotatable bonds is 5. The van der Waals surface area contributed by atoms with Crippen LogP contribution in [0.1, 0.15) is 25.3 Å². The average molecular weight is 330 g/mol. The van der Waals surface area contributed by atoms with Gasteiger partial charge in [0.15, 0.2) is 5.96 Å². The van der Waals surface area contributed by atoms with Gasteiger partial charge < -0.3 is 20.3 Å². The Balaban J connectivity index is 1.40. The van der Waals surface area contributed by atoms with Crippen molar-refractivity contribution in [2.24, 2.45) is 10.9 Å². The molecule has 5 heteroatoms. The summed E-state index contributed by atoms with van der Waals surface area (Å²) in [6.45, 7) is 7.61. The standard InChI is InChI=1S/C19H30N4O/c1-3-23-10-6-7-15(14-23)12-21-19(20-2)22-13-17-11-16-8-4-5-9-18(16)24-17/h4-5,8-9,15,17H,3,6-7,10-14H2,1-2H3,(H2,20,21,22). The third-order valence-corrected chi connectivity index (χ3v) is 5.04. The van der Waals surface area contributed by atoms with Crippen LogP contribution in [0.2, 0.25) is 0 Å². The largest absolute Gasteiger partial charge is 0.488 e. The SMILES string of the molecule is CCN1CCCC(CNC(=NC)NCC2Cc3ccccc3O2)C1. The Morgan fingerprint density at radius 1 is 1.29 bits per heavy atom. The zero-order valence-electron chi connectivity index (χ0n) is 14.9. The van der Waals surface area contributed by atoms with Crippen molar-refractivity contribution in [3.63, 3.8) is 0 Å². The molecule has 0 spiro atoms. The molecule has 0 aliphatic carbocycles. The number of para-hydroxylation sites is 1. The van der Waals surface area contributed by atoms with Gasteiger partial charge in [0.05, 0.1) is 6.54 Å². The molecule has 1 saturated heterocycles. The molecule has 1 aromatic carbocycles. The van der Waals surface area contributed by atoms with Crippen LogP contribution in [-0.4, -0.2) is 56.7 Å². The monoisotopic (exact) mass is 330 g/mol. The molecule has 0 amide bonds. The van der Waals surface area contributed by atoms with Crippen LogP contribution < -0.4 is 15.4 Å². The van der Waals surface area contributed by atoms with Crippen molar-refractivity contribution in [2.75, 3.05) is 39.8 Å². The zero-order chi connectivity index (χ0) is 16.8. The van der Waals surface area contributed by atoms with Crippen molar-refractivity contribution in [3.05, 3.63) is 29.8 Å². The summed E-state index contributed by atoms with van der Waals surface area (Å²) in [7, 11) is 1.83. The molecule has 1 aromatic rings. The van der Waals surface area contributed by atoms with Crippen molar-refractivity contribution in [1.82, 2.24) is 15.5 Å². The summed E-state index contributed by atoms with van der Waals surface area (Å²) in [6, 6.07) is 8.29. The molecule has 2 N–H and O–H groups in total. The summed E-state index contributed by atoms with van der Waals surface area (Å²) in [6.07, 6.45) is 3.77. The number of nitrogens with zero attached hydrogens (tertiary/aromatic N) is 2. The van der Waals surface area contributed by atoms with E-state index in [4.69, 9.17) is 4.74 Å². The van der Waals surface area contributed by atoms with Gasteiger partial charge in [-0.25, -0.2) is 0 Å². The van der Waals surface area contributed by atoms with Gasteiger partial charge in [0.1, 0.15) is 11.9 Å². The number of aliphatic imine (C=N–C) groups is 1. The van der Waals surface area contributed by atoms with Gasteiger partial charge in [0.25, 0.3) is 0 Å². The lowest BCUT2D eigenvalue weighted by molar-refractivity contribution is 0.183. The van der Waals surface area contributed by atoms with Gasteiger partial charge in [-0.3, -0.25) is 4.99 Å². The van der Waals surface area contributed by atoms with E-state index in [1.54, 1.807) is 0 Å². The Kier molecular flexibility index (Phi) is 5.96. The quantitative estimate of drug-likeness (QED) is 0.639. The molecule has 2 aliphatic heterocycles. The smallest absolute Gasteiger partial charge is 0.191 e. The summed E-state index contributed by atoms with van der Waals surface area (Å²) < 4.78 is 5.97. The van der Waals surface area contributed by atoms with E-state index in [0.717, 1.165) is 37.8 Å². The molecule has 1 fully saturated rings. The van der Waals surface area contributed by atoms with Crippen molar-refractivity contribution in [2.45, 2.75) is 32.3 Å². The van der Waals surface area contributed by atoms with Crippen LogP contribution in [-0.2, 0) is 6.42 Å². The molecule has 2 heterocycles. The topological polar surface area (TPSA) is 48.9 Å². The van der Waals surface area contributed by atoms with Crippen LogP contribution in [0.5, 0.6) is 5.75 Å². The minimum atomic E-state index is 0.186. The maximum absolute atomic E-state index is 5.97. The number of guanidine groups is 1. The molecule has 0 aromatic heterocycles. The average Bonchev–Trinajstić information content (AvgIpc) is 3.05. The maximum Gasteiger partial charge on any atom is 0.191 e. The molecule has 0 bridgehead atoms. The Bertz CT molecular complexity index is 535. The van der Waals surface area contributed by atoms with E-state index in [1.807, 2.05) is 19.2 Å². The lowest BCUT2D eigenvalue weighted by atomic mass is 9.98. The van der Waals surface area contributed by atoms with Gasteiger partial charge in [-0.05, 0) is 43.5 Å². The predicted octanol–water partition coefficient (Wildman–Crippen LogP) is 1.89. The van der Waals surface area contributed by atoms with Gasteiger partial charge in [-0.15, -0.1) is 0 Å². The van der Waals surface area contributed by atoms with Gasteiger partial charge >= 0.3 is 0 Å². The van der Waals surface area contributed by atoms with E-state index >= 15 is 0 Å². The Morgan fingerprint density at radius 2 is 2.12 bits per heavy atom. The van der Waals surface area contributed by atoms with Gasteiger partial charge in [0.2, 0.25) is 0 Å². The Labute approximate surface area is 145 Å². The number of hydrogen-bond acceptors (Lipinski definition) is 3. The number of benzene rings is 1. The van der Waals surface area contributed by atoms with Crippen molar-refractivity contribution < 1.29 is 4.74 Å². The van der Waals surface area contributed by atoms with E-state index in [9.17, 15) is 0 Å². The van der Waals surface area contributed by atoms with Crippen LogP contribution in [0.15, 0.2) is 29.3 Å². The number of ether oxygens (including phenoxy) is 1. The second-order valence-corrected chi connectivity index (χ2v) is 6.79. The molecular formula is C19H30N4O. The van der Waals surface area contributed by atoms with Gasteiger partial charge in [-0.2, -0.15) is 0 Å². The molecule has 2 unspecified atom stereocenters. The highest BCUT2D eigenvalue weighted by atomic mass is 16.5. The summed E-state index contributed by atoms with van der Waals surface area (Å²) in [5.74, 6) is 2.61. The van der Waals surface area contributed by atoms with Crippen LogP contribution in [0.3, 0.4) is 0 Å². The molecule has 2 atom stereocenters. The maximum atomic E-state index is 5.97. The normalized spacial score (nSPS) is 24.3. The van der Waals surface area contributed by atoms with Gasteiger partial charge in [-0.1, -0.05) is 25.1 Å². The van der Waals surface area contributed by atoms with Crippen molar-refractivity contribution in [1.29, 1.82) is 0 Å². The molecule has 24 heavy (non-hydrogen) atoms. The molecule has 0 saturated carbocycles. The van der Waals surface area contributed by atoms with E-state index < -0.39 is 0 Å². The summed E-state index contributed by atoms with van der Waals surface area (Å²) in [4.78, 5) is 6.88. The first-order valence-electron chi connectivity index (χ1n) is 9.20. The second kappa shape index (κ2) is 8.38. The van der Waals surface area contributed by atoms with E-state index in [1.165, 1.54) is 31.5 Å². The zero-order valence-corrected chi connectivity index (χ0v) is 14.9. The first-order valence-corrected chi connectivity index (χ1v) is 9.20. The fraction of sp³-hybridized carbons (Fsp3) is 0.632. The van der Waals surface area contributed by atoms with E-state index in [2.05, 4.69) is 39.6 Å². The first-order chi connectivity index (χ1) is 11.8. The molecule has 5 nitrogen and oxygen atoms in total. The van der Waals surface area contributed by atoms with Crippen LogP contribution in [0, 0.1) is 5.92 Å². The van der Waals surface area contributed by atoms with Gasteiger partial charge in [0, 0.05) is 26.6 Å². The lowest BCUT2D eigenvalue weighted by Gasteiger charge is -2.32. The highest BCUT2D eigenvalue weighted by Gasteiger charge is 2.23. The highest BCUT2D eigenvalue weighted by molar-refractivity contribution is 5.79. The molecular weight excluding hydrogens is 300 g/mol. The Hall–Kier alpha value is -1.75. The van der Waals surface area contributed by atoms with Crippen LogP contribution in [0.4, 0.5) is 0 Å². The van der Waals surface area contributed by atoms with Crippen LogP contribution >= 0.6 is 0 Å². The number of piperidine rings is 1. The van der Waals surface area contributed by atoms with Crippen LogP contribution in [0.25, 0.3) is 0 Å². The number of nitrogens with one attached hydrogen (secondary N) is 2. The third-order valence-electron chi connectivity index (χ3n) is 5.04. The van der Waals surface area contributed by atoms with Crippen molar-refractivity contribution >= 4 is 5.96 Å². The minimum absolute atomic E-state index is 0.186. The summed E-state index contributed by atoms with van der Waals surface area (Å²) in [5.41, 5.74) is 1.30. The third kappa shape index (κ3) is 4.41. The summed E-state index contributed by atoms with van der Waals surface area (Å²) >= 11 is 0. The Morgan fingerprint density at radius 3 is 2.92 bits per heavy atom. The molecule has 0 radical (unpaired) electrons. The minimum Gasteiger partial charge on any atom is -0.488 e. The number of fused-ring (bicyclic) bond motifs is 1. The summed E-state index contributed by atoms with van der Waals surface area (Å²) in [5, 5.41) is 6.90. The first kappa shape index (κ1) is 17.1. The lowest BCUT2D eigenvalue weighted by Crippen LogP contribution is -2.46. The fourth-order valence-corrected chi connectivity index (χ4v) is 3.65. The number of hydrogen-bond donors (Lipinski definition) is 2. The fourth-order valence-electron chi connectivity index (χ4n) is 3.65. The second-order valence-electron chi connectivity index (χ2n) is 6.79. The predicted molar refractivity (Wildman–Crippen MR) is 98.8 cm³/mol. The molecule has 3 rings (SSSR count). The molecule has 2 aliphatic rings. The molecule has 132 valence electrons. The highest BCUT2D eigenvalue weighted by Crippen LogP contribution is 2.27. The van der Waals surface area contributed by atoms with Crippen molar-refractivity contribution in [3.8, 4) is 5.75 Å². The van der Waals surface area contributed by atoms with E-state index in [0.29, 0.717) is 5.92 Å².